The molecule has 5 heteroatoms. The van der Waals surface area contributed by atoms with Crippen molar-refractivity contribution in [3.05, 3.63) is 40.0 Å². The lowest BCUT2D eigenvalue weighted by Crippen LogP contribution is -2.20. The van der Waals surface area contributed by atoms with Gasteiger partial charge in [-0.05, 0) is 41.5 Å². The SMILES string of the molecule is CCc1cc(CC(NC)c2ccoc2Br)n(C)n1. The van der Waals surface area contributed by atoms with Crippen LogP contribution < -0.4 is 5.32 Å². The van der Waals surface area contributed by atoms with Gasteiger partial charge < -0.3 is 9.73 Å². The number of nitrogens with zero attached hydrogens (tertiary/aromatic N) is 2. The van der Waals surface area contributed by atoms with Gasteiger partial charge in [0.05, 0.1) is 12.0 Å². The van der Waals surface area contributed by atoms with E-state index in [1.807, 2.05) is 24.8 Å². The molecule has 1 atom stereocenters. The smallest absolute Gasteiger partial charge is 0.173 e. The molecule has 1 unspecified atom stereocenters. The van der Waals surface area contributed by atoms with Crippen molar-refractivity contribution in [1.82, 2.24) is 15.1 Å². The van der Waals surface area contributed by atoms with Gasteiger partial charge in [-0.15, -0.1) is 0 Å². The molecule has 0 radical (unpaired) electrons. The van der Waals surface area contributed by atoms with Crippen LogP contribution in [-0.2, 0) is 19.9 Å². The van der Waals surface area contributed by atoms with Crippen LogP contribution in [0.1, 0.15) is 29.9 Å². The van der Waals surface area contributed by atoms with Crippen molar-refractivity contribution >= 4 is 15.9 Å². The Labute approximate surface area is 115 Å². The molecule has 0 amide bonds. The molecule has 98 valence electrons. The normalized spacial score (nSPS) is 12.9. The number of likely N-dealkylation sites (N-methyl/N-ethyl adjacent to an activating group) is 1. The van der Waals surface area contributed by atoms with E-state index in [2.05, 4.69) is 39.3 Å². The van der Waals surface area contributed by atoms with Crippen LogP contribution >= 0.6 is 15.9 Å². The van der Waals surface area contributed by atoms with E-state index in [1.165, 1.54) is 5.69 Å². The van der Waals surface area contributed by atoms with Crippen LogP contribution in [-0.4, -0.2) is 16.8 Å². The van der Waals surface area contributed by atoms with Gasteiger partial charge in [0.25, 0.3) is 0 Å². The van der Waals surface area contributed by atoms with Crippen molar-refractivity contribution < 1.29 is 4.42 Å². The van der Waals surface area contributed by atoms with Gasteiger partial charge in [-0.3, -0.25) is 4.68 Å². The lowest BCUT2D eigenvalue weighted by atomic mass is 10.1. The van der Waals surface area contributed by atoms with Gasteiger partial charge in [-0.1, -0.05) is 6.92 Å². The van der Waals surface area contributed by atoms with E-state index in [4.69, 9.17) is 4.42 Å². The highest BCUT2D eigenvalue weighted by Crippen LogP contribution is 2.27. The quantitative estimate of drug-likeness (QED) is 0.923. The molecule has 0 spiro atoms. The van der Waals surface area contributed by atoms with Gasteiger partial charge >= 0.3 is 0 Å². The summed E-state index contributed by atoms with van der Waals surface area (Å²) in [7, 11) is 3.95. The molecule has 0 fully saturated rings. The van der Waals surface area contributed by atoms with Crippen LogP contribution in [0.5, 0.6) is 0 Å². The predicted molar refractivity (Wildman–Crippen MR) is 74.5 cm³/mol. The zero-order chi connectivity index (χ0) is 13.1. The van der Waals surface area contributed by atoms with E-state index in [0.717, 1.165) is 28.8 Å². The van der Waals surface area contributed by atoms with Crippen molar-refractivity contribution in [2.45, 2.75) is 25.8 Å². The number of furan rings is 1. The summed E-state index contributed by atoms with van der Waals surface area (Å²) in [5.41, 5.74) is 3.49. The number of rotatable bonds is 5. The molecule has 2 rings (SSSR count). The summed E-state index contributed by atoms with van der Waals surface area (Å²) < 4.78 is 8.04. The second-order valence-electron chi connectivity index (χ2n) is 4.30. The third-order valence-corrected chi connectivity index (χ3v) is 3.82. The minimum absolute atomic E-state index is 0.221. The monoisotopic (exact) mass is 311 g/mol. The number of aromatic nitrogens is 2. The molecule has 0 saturated heterocycles. The first-order chi connectivity index (χ1) is 8.65. The first-order valence-corrected chi connectivity index (χ1v) is 6.87. The molecule has 0 saturated carbocycles. The summed E-state index contributed by atoms with van der Waals surface area (Å²) in [5.74, 6) is 0. The third kappa shape index (κ3) is 2.67. The van der Waals surface area contributed by atoms with Crippen LogP contribution in [0.25, 0.3) is 0 Å². The fourth-order valence-corrected chi connectivity index (χ4v) is 2.58. The fourth-order valence-electron chi connectivity index (χ4n) is 2.07. The Morgan fingerprint density at radius 3 is 2.83 bits per heavy atom. The zero-order valence-corrected chi connectivity index (χ0v) is 12.5. The van der Waals surface area contributed by atoms with E-state index in [-0.39, 0.29) is 6.04 Å². The van der Waals surface area contributed by atoms with Crippen molar-refractivity contribution in [3.63, 3.8) is 0 Å². The lowest BCUT2D eigenvalue weighted by Gasteiger charge is -2.15. The molecule has 0 aromatic carbocycles. The maximum absolute atomic E-state index is 5.30. The Hall–Kier alpha value is -1.07. The van der Waals surface area contributed by atoms with Gasteiger partial charge in [0.2, 0.25) is 0 Å². The van der Waals surface area contributed by atoms with Crippen LogP contribution in [0.15, 0.2) is 27.5 Å². The average molecular weight is 312 g/mol. The maximum atomic E-state index is 5.30. The van der Waals surface area contributed by atoms with E-state index in [9.17, 15) is 0 Å². The Morgan fingerprint density at radius 2 is 2.33 bits per heavy atom. The van der Waals surface area contributed by atoms with Crippen molar-refractivity contribution in [2.24, 2.45) is 7.05 Å². The van der Waals surface area contributed by atoms with Crippen LogP contribution in [0, 0.1) is 0 Å². The summed E-state index contributed by atoms with van der Waals surface area (Å²) >= 11 is 3.43. The molecule has 1 N–H and O–H groups in total. The summed E-state index contributed by atoms with van der Waals surface area (Å²) in [4.78, 5) is 0. The molecule has 2 heterocycles. The molecule has 0 bridgehead atoms. The van der Waals surface area contributed by atoms with E-state index < -0.39 is 0 Å². The summed E-state index contributed by atoms with van der Waals surface area (Å²) in [6.07, 6.45) is 3.55. The highest BCUT2D eigenvalue weighted by molar-refractivity contribution is 9.10. The first-order valence-electron chi connectivity index (χ1n) is 6.07. The maximum Gasteiger partial charge on any atom is 0.173 e. The van der Waals surface area contributed by atoms with Crippen LogP contribution in [0.2, 0.25) is 0 Å². The van der Waals surface area contributed by atoms with Crippen LogP contribution in [0.4, 0.5) is 0 Å². The van der Waals surface area contributed by atoms with Crippen LogP contribution in [0.3, 0.4) is 0 Å². The third-order valence-electron chi connectivity index (χ3n) is 3.17. The molecule has 0 aliphatic rings. The number of halogens is 1. The lowest BCUT2D eigenvalue weighted by molar-refractivity contribution is 0.512. The minimum atomic E-state index is 0.221. The second-order valence-corrected chi connectivity index (χ2v) is 5.02. The summed E-state index contributed by atoms with van der Waals surface area (Å²) in [6.45, 7) is 2.12. The Morgan fingerprint density at radius 1 is 1.56 bits per heavy atom. The van der Waals surface area contributed by atoms with Crippen molar-refractivity contribution in [1.29, 1.82) is 0 Å². The van der Waals surface area contributed by atoms with Gasteiger partial charge in [0.1, 0.15) is 0 Å². The van der Waals surface area contributed by atoms with E-state index >= 15 is 0 Å². The second kappa shape index (κ2) is 5.71. The Balaban J connectivity index is 2.20. The van der Waals surface area contributed by atoms with Gasteiger partial charge in [0.15, 0.2) is 4.67 Å². The van der Waals surface area contributed by atoms with Crippen molar-refractivity contribution in [2.75, 3.05) is 7.05 Å². The molecule has 2 aromatic rings. The number of nitrogens with one attached hydrogen (secondary N) is 1. The summed E-state index contributed by atoms with van der Waals surface area (Å²) in [6, 6.07) is 4.37. The van der Waals surface area contributed by atoms with Gasteiger partial charge in [-0.2, -0.15) is 5.10 Å². The highest BCUT2D eigenvalue weighted by atomic mass is 79.9. The van der Waals surface area contributed by atoms with Gasteiger partial charge in [0, 0.05) is 30.8 Å². The molecular formula is C13H18BrN3O. The number of aryl methyl sites for hydroxylation is 2. The van der Waals surface area contributed by atoms with E-state index in [0.29, 0.717) is 0 Å². The standard InChI is InChI=1S/C13H18BrN3O/c1-4-9-7-10(17(3)16-9)8-12(15-2)11-5-6-18-13(11)14/h5-7,12,15H,4,8H2,1-3H3. The number of hydrogen-bond acceptors (Lipinski definition) is 3. The number of hydrogen-bond donors (Lipinski definition) is 1. The molecule has 0 aliphatic carbocycles. The molecule has 0 aliphatic heterocycles. The van der Waals surface area contributed by atoms with E-state index in [1.54, 1.807) is 6.26 Å². The molecule has 2 aromatic heterocycles. The molecule has 4 nitrogen and oxygen atoms in total. The predicted octanol–water partition coefficient (Wildman–Crippen LogP) is 2.84. The Bertz CT molecular complexity index is 518. The van der Waals surface area contributed by atoms with Crippen molar-refractivity contribution in [3.8, 4) is 0 Å². The Kier molecular flexibility index (Phi) is 4.24. The zero-order valence-electron chi connectivity index (χ0n) is 10.9. The fraction of sp³-hybridized carbons (Fsp3) is 0.462. The highest BCUT2D eigenvalue weighted by Gasteiger charge is 2.17. The van der Waals surface area contributed by atoms with Gasteiger partial charge in [-0.25, -0.2) is 0 Å². The topological polar surface area (TPSA) is 43.0 Å². The molecule has 18 heavy (non-hydrogen) atoms. The minimum Gasteiger partial charge on any atom is -0.457 e. The summed E-state index contributed by atoms with van der Waals surface area (Å²) in [5, 5.41) is 7.79. The molecular weight excluding hydrogens is 294 g/mol. The average Bonchev–Trinajstić information content (AvgIpc) is 2.93. The largest absolute Gasteiger partial charge is 0.457 e. The first kappa shape index (κ1) is 13.4.